The number of carbonyl (C=O) groups is 3. The maximum absolute atomic E-state index is 12.9. The van der Waals surface area contributed by atoms with Crippen LogP contribution in [0.5, 0.6) is 0 Å². The highest BCUT2D eigenvalue weighted by Gasteiger charge is 2.22. The number of carbonyl (C=O) groups excluding carboxylic acids is 3. The Morgan fingerprint density at radius 2 is 1.68 bits per heavy atom. The van der Waals surface area contributed by atoms with Crippen molar-refractivity contribution < 1.29 is 23.5 Å². The molecule has 25 heavy (non-hydrogen) atoms. The first kappa shape index (κ1) is 18.3. The molecule has 0 fully saturated rings. The number of esters is 1. The van der Waals surface area contributed by atoms with E-state index in [4.69, 9.17) is 4.74 Å². The average Bonchev–Trinajstić information content (AvgIpc) is 2.60. The Kier molecular flexibility index (Phi) is 6.39. The lowest BCUT2D eigenvalue weighted by molar-refractivity contribution is -0.146. The number of ether oxygens (including phenoxy) is 1. The van der Waals surface area contributed by atoms with Crippen LogP contribution in [0, 0.1) is 5.82 Å². The summed E-state index contributed by atoms with van der Waals surface area (Å²) < 4.78 is 17.9. The highest BCUT2D eigenvalue weighted by Crippen LogP contribution is 2.07. The van der Waals surface area contributed by atoms with Crippen LogP contribution in [0.1, 0.15) is 22.8 Å². The number of nitrogens with one attached hydrogen (secondary N) is 1. The Morgan fingerprint density at radius 1 is 1.04 bits per heavy atom. The molecule has 2 aromatic carbocycles. The first-order valence-electron chi connectivity index (χ1n) is 7.72. The Morgan fingerprint density at radius 3 is 2.28 bits per heavy atom. The average molecular weight is 343 g/mol. The van der Waals surface area contributed by atoms with E-state index in [0.717, 1.165) is 17.7 Å². The smallest absolute Gasteiger partial charge is 0.329 e. The van der Waals surface area contributed by atoms with Crippen LogP contribution in [0.25, 0.3) is 0 Å². The van der Waals surface area contributed by atoms with Crippen molar-refractivity contribution in [2.75, 3.05) is 6.61 Å². The van der Waals surface area contributed by atoms with E-state index in [1.165, 1.54) is 19.1 Å². The molecule has 1 N–H and O–H groups in total. The SMILES string of the molecule is CC(=O)N[C@H](Cc1ccccc1)C(=O)OCC(=O)c1ccc(F)cc1. The van der Waals surface area contributed by atoms with Gasteiger partial charge in [-0.15, -0.1) is 0 Å². The number of amides is 1. The monoisotopic (exact) mass is 343 g/mol. The summed E-state index contributed by atoms with van der Waals surface area (Å²) >= 11 is 0. The molecule has 2 aromatic rings. The molecule has 0 aliphatic heterocycles. The molecular weight excluding hydrogens is 325 g/mol. The Bertz CT molecular complexity index is 744. The molecule has 1 atom stereocenters. The topological polar surface area (TPSA) is 72.5 Å². The van der Waals surface area contributed by atoms with Crippen molar-refractivity contribution >= 4 is 17.7 Å². The van der Waals surface area contributed by atoms with E-state index in [0.29, 0.717) is 0 Å². The van der Waals surface area contributed by atoms with Gasteiger partial charge in [-0.2, -0.15) is 0 Å². The fourth-order valence-electron chi connectivity index (χ4n) is 2.24. The third-order valence-electron chi connectivity index (χ3n) is 3.46. The van der Waals surface area contributed by atoms with E-state index in [-0.39, 0.29) is 17.9 Å². The van der Waals surface area contributed by atoms with E-state index in [2.05, 4.69) is 5.32 Å². The lowest BCUT2D eigenvalue weighted by Crippen LogP contribution is -2.42. The number of hydrogen-bond acceptors (Lipinski definition) is 4. The predicted octanol–water partition coefficient (Wildman–Crippen LogP) is 2.30. The van der Waals surface area contributed by atoms with Gasteiger partial charge in [0.2, 0.25) is 5.91 Å². The van der Waals surface area contributed by atoms with Crippen molar-refractivity contribution in [1.29, 1.82) is 0 Å². The van der Waals surface area contributed by atoms with Gasteiger partial charge >= 0.3 is 5.97 Å². The zero-order chi connectivity index (χ0) is 18.2. The molecule has 6 heteroatoms. The van der Waals surface area contributed by atoms with Crippen molar-refractivity contribution in [3.05, 3.63) is 71.5 Å². The largest absolute Gasteiger partial charge is 0.456 e. The second-order valence-electron chi connectivity index (χ2n) is 5.48. The molecule has 0 aliphatic carbocycles. The molecule has 0 unspecified atom stereocenters. The fourth-order valence-corrected chi connectivity index (χ4v) is 2.24. The minimum atomic E-state index is -0.888. The minimum Gasteiger partial charge on any atom is -0.456 e. The molecule has 0 spiro atoms. The minimum absolute atomic E-state index is 0.244. The summed E-state index contributed by atoms with van der Waals surface area (Å²) in [4.78, 5) is 35.5. The van der Waals surface area contributed by atoms with Gasteiger partial charge in [0.15, 0.2) is 12.4 Å². The van der Waals surface area contributed by atoms with E-state index in [1.54, 1.807) is 0 Å². The van der Waals surface area contributed by atoms with Gasteiger partial charge in [-0.25, -0.2) is 9.18 Å². The van der Waals surface area contributed by atoms with Crippen molar-refractivity contribution in [2.45, 2.75) is 19.4 Å². The normalized spacial score (nSPS) is 11.4. The van der Waals surface area contributed by atoms with Gasteiger partial charge in [0.05, 0.1) is 0 Å². The standard InChI is InChI=1S/C19H18FNO4/c1-13(22)21-17(11-14-5-3-2-4-6-14)19(24)25-12-18(23)15-7-9-16(20)10-8-15/h2-10,17H,11-12H2,1H3,(H,21,22)/t17-/m1/s1. The van der Waals surface area contributed by atoms with Gasteiger partial charge in [0, 0.05) is 18.9 Å². The lowest BCUT2D eigenvalue weighted by Gasteiger charge is -2.16. The number of ketones is 1. The van der Waals surface area contributed by atoms with Crippen molar-refractivity contribution in [2.24, 2.45) is 0 Å². The Hall–Kier alpha value is -3.02. The van der Waals surface area contributed by atoms with Crippen LogP contribution in [0.15, 0.2) is 54.6 Å². The summed E-state index contributed by atoms with van der Waals surface area (Å²) in [6, 6.07) is 13.2. The van der Waals surface area contributed by atoms with Crippen molar-refractivity contribution in [3.8, 4) is 0 Å². The summed E-state index contributed by atoms with van der Waals surface area (Å²) in [5.74, 6) is -1.98. The van der Waals surface area contributed by atoms with Crippen LogP contribution in [0.4, 0.5) is 4.39 Å². The molecule has 0 saturated heterocycles. The lowest BCUT2D eigenvalue weighted by atomic mass is 10.1. The molecular formula is C19H18FNO4. The zero-order valence-corrected chi connectivity index (χ0v) is 13.7. The van der Waals surface area contributed by atoms with E-state index >= 15 is 0 Å². The number of rotatable bonds is 7. The van der Waals surface area contributed by atoms with E-state index in [9.17, 15) is 18.8 Å². The van der Waals surface area contributed by atoms with Crippen LogP contribution in [-0.2, 0) is 20.7 Å². The highest BCUT2D eigenvalue weighted by molar-refractivity contribution is 5.98. The number of Topliss-reactive ketones (excluding diaryl/α,β-unsaturated/α-hetero) is 1. The molecule has 0 radical (unpaired) electrons. The van der Waals surface area contributed by atoms with Crippen molar-refractivity contribution in [1.82, 2.24) is 5.32 Å². The molecule has 0 bridgehead atoms. The van der Waals surface area contributed by atoms with Crippen LogP contribution in [0.2, 0.25) is 0 Å². The van der Waals surface area contributed by atoms with Crippen LogP contribution < -0.4 is 5.32 Å². The van der Waals surface area contributed by atoms with Gasteiger partial charge in [0.25, 0.3) is 0 Å². The quantitative estimate of drug-likeness (QED) is 0.618. The fraction of sp³-hybridized carbons (Fsp3) is 0.211. The summed E-state index contributed by atoms with van der Waals surface area (Å²) in [5, 5.41) is 2.52. The number of hydrogen-bond donors (Lipinski definition) is 1. The van der Waals surface area contributed by atoms with Gasteiger partial charge in [-0.05, 0) is 29.8 Å². The van der Waals surface area contributed by atoms with Gasteiger partial charge in [0.1, 0.15) is 11.9 Å². The molecule has 130 valence electrons. The molecule has 0 heterocycles. The second kappa shape index (κ2) is 8.73. The third-order valence-corrected chi connectivity index (χ3v) is 3.46. The maximum Gasteiger partial charge on any atom is 0.329 e. The Balaban J connectivity index is 1.97. The van der Waals surface area contributed by atoms with Gasteiger partial charge < -0.3 is 10.1 Å². The zero-order valence-electron chi connectivity index (χ0n) is 13.7. The molecule has 1 amide bonds. The van der Waals surface area contributed by atoms with Crippen LogP contribution >= 0.6 is 0 Å². The van der Waals surface area contributed by atoms with Gasteiger partial charge in [-0.1, -0.05) is 30.3 Å². The maximum atomic E-state index is 12.9. The predicted molar refractivity (Wildman–Crippen MR) is 89.4 cm³/mol. The summed E-state index contributed by atoms with van der Waals surface area (Å²) in [6.45, 7) is 0.824. The molecule has 5 nitrogen and oxygen atoms in total. The summed E-state index contributed by atoms with van der Waals surface area (Å²) in [5.41, 5.74) is 1.09. The molecule has 0 aromatic heterocycles. The van der Waals surface area contributed by atoms with E-state index in [1.807, 2.05) is 30.3 Å². The second-order valence-corrected chi connectivity index (χ2v) is 5.48. The van der Waals surface area contributed by atoms with Gasteiger partial charge in [-0.3, -0.25) is 9.59 Å². The molecule has 0 aliphatic rings. The number of halogens is 1. The summed E-state index contributed by atoms with van der Waals surface area (Å²) in [7, 11) is 0. The third kappa shape index (κ3) is 5.84. The number of benzene rings is 2. The van der Waals surface area contributed by atoms with Crippen LogP contribution in [0.3, 0.4) is 0 Å². The molecule has 0 saturated carbocycles. The summed E-state index contributed by atoms with van der Waals surface area (Å²) in [6.07, 6.45) is 0.254. The molecule has 2 rings (SSSR count). The van der Waals surface area contributed by atoms with Crippen LogP contribution in [-0.4, -0.2) is 30.3 Å². The first-order valence-corrected chi connectivity index (χ1v) is 7.72. The van der Waals surface area contributed by atoms with E-state index < -0.39 is 30.2 Å². The Labute approximate surface area is 144 Å². The van der Waals surface area contributed by atoms with Crippen molar-refractivity contribution in [3.63, 3.8) is 0 Å². The highest BCUT2D eigenvalue weighted by atomic mass is 19.1. The first-order chi connectivity index (χ1) is 12.0.